The van der Waals surface area contributed by atoms with E-state index in [1.807, 2.05) is 38.1 Å². The fourth-order valence-electron chi connectivity index (χ4n) is 4.58. The van der Waals surface area contributed by atoms with Gasteiger partial charge < -0.3 is 9.15 Å². The fourth-order valence-corrected chi connectivity index (χ4v) is 4.58. The first-order chi connectivity index (χ1) is 18.4. The third kappa shape index (κ3) is 4.74. The zero-order chi connectivity index (χ0) is 26.8. The van der Waals surface area contributed by atoms with Gasteiger partial charge in [-0.25, -0.2) is 9.80 Å². The number of aryl methyl sites for hydroxylation is 1. The second-order valence-corrected chi connectivity index (χ2v) is 9.34. The van der Waals surface area contributed by atoms with Gasteiger partial charge in [-0.15, -0.1) is 0 Å². The molecule has 2 aromatic carbocycles. The van der Waals surface area contributed by atoms with Crippen LogP contribution in [0.3, 0.4) is 0 Å². The predicted molar refractivity (Wildman–Crippen MR) is 138 cm³/mol. The van der Waals surface area contributed by atoms with E-state index >= 15 is 0 Å². The number of amides is 3. The largest absolute Gasteiger partial charge is 0.467 e. The summed E-state index contributed by atoms with van der Waals surface area (Å²) in [6, 6.07) is 15.1. The lowest BCUT2D eigenvalue weighted by molar-refractivity contribution is -0.136. The van der Waals surface area contributed by atoms with Gasteiger partial charge in [-0.3, -0.25) is 19.3 Å². The van der Waals surface area contributed by atoms with E-state index in [4.69, 9.17) is 9.15 Å². The number of hydrogen-bond donors (Lipinski definition) is 0. The summed E-state index contributed by atoms with van der Waals surface area (Å²) >= 11 is 0. The summed E-state index contributed by atoms with van der Waals surface area (Å²) in [5, 5.41) is 5.83. The number of hydrogen-bond acceptors (Lipinski definition) is 7. The fraction of sp³-hybridized carbons (Fsp3) is 0.276. The average Bonchev–Trinajstić information content (AvgIpc) is 3.66. The number of carbonyl (C=O) groups is 4. The summed E-state index contributed by atoms with van der Waals surface area (Å²) in [6.45, 7) is 3.75. The Morgan fingerprint density at radius 3 is 2.53 bits per heavy atom. The highest BCUT2D eigenvalue weighted by Gasteiger charge is 2.37. The lowest BCUT2D eigenvalue weighted by atomic mass is 10.0. The SMILES string of the molecule is CCCCN1C(=O)c2ccc(C(=O)OCC(=O)N3N=C(c4ccc(C)cc4)C[C@@H]3c3ccco3)cc2C1=O. The quantitative estimate of drug-likeness (QED) is 0.324. The Morgan fingerprint density at radius 2 is 1.82 bits per heavy atom. The Bertz CT molecular complexity index is 1420. The topological polar surface area (TPSA) is 109 Å². The minimum absolute atomic E-state index is 0.0860. The van der Waals surface area contributed by atoms with Gasteiger partial charge in [0.05, 0.1) is 28.7 Å². The zero-order valence-corrected chi connectivity index (χ0v) is 21.2. The number of imide groups is 1. The Kier molecular flexibility index (Phi) is 6.91. The Balaban J connectivity index is 1.29. The number of hydrazone groups is 1. The molecule has 2 aliphatic heterocycles. The number of esters is 1. The second-order valence-electron chi connectivity index (χ2n) is 9.34. The van der Waals surface area contributed by atoms with Gasteiger partial charge in [-0.2, -0.15) is 5.10 Å². The van der Waals surface area contributed by atoms with Crippen LogP contribution in [0.2, 0.25) is 0 Å². The van der Waals surface area contributed by atoms with Gasteiger partial charge in [0, 0.05) is 13.0 Å². The monoisotopic (exact) mass is 513 g/mol. The minimum Gasteiger partial charge on any atom is -0.467 e. The molecular weight excluding hydrogens is 486 g/mol. The van der Waals surface area contributed by atoms with Crippen LogP contribution in [0.4, 0.5) is 0 Å². The first-order valence-corrected chi connectivity index (χ1v) is 12.5. The van der Waals surface area contributed by atoms with Gasteiger partial charge >= 0.3 is 5.97 Å². The molecule has 0 spiro atoms. The van der Waals surface area contributed by atoms with Gasteiger partial charge in [-0.1, -0.05) is 43.2 Å². The summed E-state index contributed by atoms with van der Waals surface area (Å²) in [4.78, 5) is 52.4. The van der Waals surface area contributed by atoms with E-state index in [0.717, 1.165) is 23.3 Å². The molecule has 0 bridgehead atoms. The van der Waals surface area contributed by atoms with Crippen molar-refractivity contribution in [3.63, 3.8) is 0 Å². The van der Waals surface area contributed by atoms with Gasteiger partial charge in [0.15, 0.2) is 6.61 Å². The van der Waals surface area contributed by atoms with Gasteiger partial charge in [0.25, 0.3) is 17.7 Å². The molecule has 1 aromatic heterocycles. The van der Waals surface area contributed by atoms with E-state index < -0.39 is 30.4 Å². The number of fused-ring (bicyclic) bond motifs is 1. The number of unbranched alkanes of at least 4 members (excludes halogenated alkanes) is 1. The number of nitrogens with zero attached hydrogens (tertiary/aromatic N) is 3. The van der Waals surface area contributed by atoms with Crippen molar-refractivity contribution in [2.45, 2.75) is 39.2 Å². The third-order valence-electron chi connectivity index (χ3n) is 6.69. The van der Waals surface area contributed by atoms with Crippen molar-refractivity contribution in [2.24, 2.45) is 5.10 Å². The highest BCUT2D eigenvalue weighted by atomic mass is 16.5. The van der Waals surface area contributed by atoms with E-state index in [0.29, 0.717) is 25.1 Å². The Hall–Kier alpha value is -4.53. The molecule has 9 nitrogen and oxygen atoms in total. The molecule has 9 heteroatoms. The number of rotatable bonds is 8. The molecule has 0 saturated carbocycles. The van der Waals surface area contributed by atoms with Gasteiger partial charge in [0.2, 0.25) is 0 Å². The molecule has 0 unspecified atom stereocenters. The summed E-state index contributed by atoms with van der Waals surface area (Å²) in [5.74, 6) is -1.51. The van der Waals surface area contributed by atoms with Crippen molar-refractivity contribution < 1.29 is 28.3 Å². The summed E-state index contributed by atoms with van der Waals surface area (Å²) < 4.78 is 10.9. The van der Waals surface area contributed by atoms with E-state index in [9.17, 15) is 19.2 Å². The highest BCUT2D eigenvalue weighted by Crippen LogP contribution is 2.33. The van der Waals surface area contributed by atoms with Crippen LogP contribution in [0.1, 0.15) is 80.2 Å². The van der Waals surface area contributed by atoms with Crippen LogP contribution in [0.25, 0.3) is 0 Å². The number of carbonyl (C=O) groups excluding carboxylic acids is 4. The molecule has 38 heavy (non-hydrogen) atoms. The molecule has 194 valence electrons. The minimum atomic E-state index is -0.773. The van der Waals surface area contributed by atoms with Crippen molar-refractivity contribution in [3.05, 3.63) is 94.4 Å². The first kappa shape index (κ1) is 25.1. The second kappa shape index (κ2) is 10.5. The highest BCUT2D eigenvalue weighted by molar-refractivity contribution is 6.22. The molecule has 1 atom stereocenters. The molecule has 5 rings (SSSR count). The molecule has 0 saturated heterocycles. The molecule has 0 fully saturated rings. The smallest absolute Gasteiger partial charge is 0.338 e. The molecule has 3 aromatic rings. The maximum Gasteiger partial charge on any atom is 0.338 e. The number of benzene rings is 2. The standard InChI is InChI=1S/C29H27N3O6/c1-3-4-13-31-27(34)21-12-11-20(15-22(21)28(31)35)29(36)38-17-26(33)32-24(25-6-5-14-37-25)16-23(30-32)19-9-7-18(2)8-10-19/h5-12,14-15,24H,3-4,13,16-17H2,1-2H3/t24-/m1/s1. The van der Waals surface area contributed by atoms with E-state index in [2.05, 4.69) is 5.10 Å². The van der Waals surface area contributed by atoms with Crippen molar-refractivity contribution in [1.29, 1.82) is 0 Å². The van der Waals surface area contributed by atoms with E-state index in [1.54, 1.807) is 12.1 Å². The molecule has 0 N–H and O–H groups in total. The van der Waals surface area contributed by atoms with Crippen LogP contribution < -0.4 is 0 Å². The summed E-state index contributed by atoms with van der Waals surface area (Å²) in [7, 11) is 0. The van der Waals surface area contributed by atoms with Crippen LogP contribution >= 0.6 is 0 Å². The third-order valence-corrected chi connectivity index (χ3v) is 6.69. The van der Waals surface area contributed by atoms with Crippen LogP contribution in [-0.2, 0) is 9.53 Å². The van der Waals surface area contributed by atoms with Crippen molar-refractivity contribution >= 4 is 29.4 Å². The lowest BCUT2D eigenvalue weighted by Crippen LogP contribution is -2.31. The predicted octanol–water partition coefficient (Wildman–Crippen LogP) is 4.52. The van der Waals surface area contributed by atoms with Crippen LogP contribution in [-0.4, -0.2) is 52.5 Å². The van der Waals surface area contributed by atoms with Crippen LogP contribution in [0.15, 0.2) is 70.4 Å². The first-order valence-electron chi connectivity index (χ1n) is 12.5. The molecule has 3 heterocycles. The molecule has 3 amide bonds. The summed E-state index contributed by atoms with van der Waals surface area (Å²) in [5.41, 5.74) is 3.24. The Morgan fingerprint density at radius 1 is 1.05 bits per heavy atom. The van der Waals surface area contributed by atoms with E-state index in [-0.39, 0.29) is 22.6 Å². The molecule has 2 aliphatic rings. The summed E-state index contributed by atoms with van der Waals surface area (Å²) in [6.07, 6.45) is 3.52. The van der Waals surface area contributed by atoms with E-state index in [1.165, 1.54) is 34.4 Å². The van der Waals surface area contributed by atoms with Crippen molar-refractivity contribution in [1.82, 2.24) is 9.91 Å². The number of furan rings is 1. The normalized spacial score (nSPS) is 16.6. The molecule has 0 aliphatic carbocycles. The molecule has 0 radical (unpaired) electrons. The zero-order valence-electron chi connectivity index (χ0n) is 21.2. The maximum atomic E-state index is 13.1. The molecular formula is C29H27N3O6. The lowest BCUT2D eigenvalue weighted by Gasteiger charge is -2.19. The van der Waals surface area contributed by atoms with Crippen molar-refractivity contribution in [2.75, 3.05) is 13.2 Å². The van der Waals surface area contributed by atoms with Gasteiger partial charge in [0.1, 0.15) is 11.8 Å². The van der Waals surface area contributed by atoms with Crippen molar-refractivity contribution in [3.8, 4) is 0 Å². The van der Waals surface area contributed by atoms with Crippen LogP contribution in [0, 0.1) is 6.92 Å². The average molecular weight is 514 g/mol. The van der Waals surface area contributed by atoms with Crippen LogP contribution in [0.5, 0.6) is 0 Å². The maximum absolute atomic E-state index is 13.1. The van der Waals surface area contributed by atoms with Gasteiger partial charge in [-0.05, 0) is 49.2 Å². The Labute approximate surface area is 219 Å². The number of ether oxygens (including phenoxy) is 1.